The molecule has 1 aromatic rings. The molecule has 0 aliphatic rings. The molecule has 0 fully saturated rings. The van der Waals surface area contributed by atoms with E-state index in [0.717, 1.165) is 0 Å². The molecule has 0 amide bonds. The van der Waals surface area contributed by atoms with Crippen LogP contribution >= 0.6 is 11.6 Å². The number of methoxy groups -OCH3 is 2. The van der Waals surface area contributed by atoms with E-state index in [1.165, 1.54) is 26.5 Å². The minimum atomic E-state index is -0.693. The highest BCUT2D eigenvalue weighted by Crippen LogP contribution is 2.13. The van der Waals surface area contributed by atoms with Gasteiger partial charge in [-0.1, -0.05) is 0 Å². The Kier molecular flexibility index (Phi) is 4.25. The third kappa shape index (κ3) is 2.49. The van der Waals surface area contributed by atoms with Gasteiger partial charge in [0.15, 0.2) is 5.69 Å². The lowest BCUT2D eigenvalue weighted by Gasteiger charge is -2.06. The highest BCUT2D eigenvalue weighted by Gasteiger charge is 2.20. The van der Waals surface area contributed by atoms with Gasteiger partial charge in [-0.05, 0) is 11.6 Å². The van der Waals surface area contributed by atoms with Gasteiger partial charge in [0.25, 0.3) is 0 Å². The van der Waals surface area contributed by atoms with Crippen molar-refractivity contribution in [3.8, 4) is 0 Å². The number of halogens is 1. The smallest absolute Gasteiger partial charge is 0.357 e. The van der Waals surface area contributed by atoms with Crippen LogP contribution in [0.4, 0.5) is 0 Å². The Morgan fingerprint density at radius 1 is 1.31 bits per heavy atom. The van der Waals surface area contributed by atoms with Gasteiger partial charge in [-0.15, -0.1) is 11.6 Å². The van der Waals surface area contributed by atoms with E-state index in [2.05, 4.69) is 14.5 Å². The summed E-state index contributed by atoms with van der Waals surface area (Å²) >= 11 is 5.60. The summed E-state index contributed by atoms with van der Waals surface area (Å²) in [6.07, 6.45) is 1.41. The minimum Gasteiger partial charge on any atom is -0.465 e. The van der Waals surface area contributed by atoms with E-state index in [1.54, 1.807) is 0 Å². The molecular weight excluding hydrogens is 234 g/mol. The number of hydrogen-bond donors (Lipinski definition) is 0. The van der Waals surface area contributed by atoms with Gasteiger partial charge < -0.3 is 9.47 Å². The predicted octanol–water partition coefficient (Wildman–Crippen LogP) is 1.39. The second-order valence-corrected chi connectivity index (χ2v) is 3.12. The largest absolute Gasteiger partial charge is 0.465 e. The highest BCUT2D eigenvalue weighted by molar-refractivity contribution is 6.17. The molecular formula is C10H10ClNO4. The van der Waals surface area contributed by atoms with E-state index in [-0.39, 0.29) is 17.1 Å². The van der Waals surface area contributed by atoms with Crippen molar-refractivity contribution in [3.63, 3.8) is 0 Å². The molecule has 0 bridgehead atoms. The van der Waals surface area contributed by atoms with E-state index in [4.69, 9.17) is 11.6 Å². The number of esters is 2. The molecule has 0 aliphatic carbocycles. The fourth-order valence-electron chi connectivity index (χ4n) is 1.11. The van der Waals surface area contributed by atoms with Crippen molar-refractivity contribution < 1.29 is 19.1 Å². The molecule has 0 saturated heterocycles. The zero-order valence-corrected chi connectivity index (χ0v) is 9.58. The fourth-order valence-corrected chi connectivity index (χ4v) is 1.25. The van der Waals surface area contributed by atoms with Gasteiger partial charge in [0.05, 0.1) is 19.8 Å². The first-order valence-corrected chi connectivity index (χ1v) is 4.89. The minimum absolute atomic E-state index is 0.0486. The molecule has 1 heterocycles. The Morgan fingerprint density at radius 2 is 1.94 bits per heavy atom. The molecule has 16 heavy (non-hydrogen) atoms. The van der Waals surface area contributed by atoms with Crippen LogP contribution in [0.3, 0.4) is 0 Å². The number of carbonyl (C=O) groups is 2. The molecule has 0 N–H and O–H groups in total. The molecule has 0 spiro atoms. The number of ether oxygens (including phenoxy) is 2. The topological polar surface area (TPSA) is 65.5 Å². The van der Waals surface area contributed by atoms with Gasteiger partial charge in [-0.3, -0.25) is 0 Å². The van der Waals surface area contributed by atoms with Crippen LogP contribution in [0, 0.1) is 0 Å². The number of alkyl halides is 1. The van der Waals surface area contributed by atoms with E-state index in [1.807, 2.05) is 0 Å². The van der Waals surface area contributed by atoms with Gasteiger partial charge in [0.2, 0.25) is 0 Å². The summed E-state index contributed by atoms with van der Waals surface area (Å²) in [6.45, 7) is 0. The number of pyridine rings is 1. The summed E-state index contributed by atoms with van der Waals surface area (Å²) in [5.74, 6) is -1.15. The quantitative estimate of drug-likeness (QED) is 0.593. The van der Waals surface area contributed by atoms with Crippen molar-refractivity contribution in [1.29, 1.82) is 0 Å². The average molecular weight is 244 g/mol. The number of rotatable bonds is 3. The van der Waals surface area contributed by atoms with Gasteiger partial charge in [-0.25, -0.2) is 14.6 Å². The summed E-state index contributed by atoms with van der Waals surface area (Å²) in [7, 11) is 2.43. The van der Waals surface area contributed by atoms with Gasteiger partial charge in [0, 0.05) is 12.1 Å². The van der Waals surface area contributed by atoms with Crippen molar-refractivity contribution in [2.45, 2.75) is 5.88 Å². The summed E-state index contributed by atoms with van der Waals surface area (Å²) in [6, 6.07) is 1.46. The Balaban J connectivity index is 3.26. The second-order valence-electron chi connectivity index (χ2n) is 2.86. The predicted molar refractivity (Wildman–Crippen MR) is 56.5 cm³/mol. The fraction of sp³-hybridized carbons (Fsp3) is 0.300. The molecule has 0 saturated carbocycles. The third-order valence-electron chi connectivity index (χ3n) is 1.88. The molecule has 0 atom stereocenters. The first-order valence-electron chi connectivity index (χ1n) is 4.35. The monoisotopic (exact) mass is 243 g/mol. The van der Waals surface area contributed by atoms with Crippen LogP contribution in [0.25, 0.3) is 0 Å². The van der Waals surface area contributed by atoms with Crippen LogP contribution in [0.15, 0.2) is 12.3 Å². The molecule has 0 radical (unpaired) electrons. The molecule has 0 aromatic carbocycles. The number of carbonyl (C=O) groups excluding carboxylic acids is 2. The Labute approximate surface area is 97.3 Å². The van der Waals surface area contributed by atoms with Crippen molar-refractivity contribution >= 4 is 23.5 Å². The van der Waals surface area contributed by atoms with E-state index in [9.17, 15) is 9.59 Å². The zero-order chi connectivity index (χ0) is 12.1. The summed E-state index contributed by atoms with van der Waals surface area (Å²) in [5, 5.41) is 0. The molecule has 1 rings (SSSR count). The molecule has 6 heteroatoms. The molecule has 0 aliphatic heterocycles. The Morgan fingerprint density at radius 3 is 2.44 bits per heavy atom. The Bertz CT molecular complexity index is 419. The first kappa shape index (κ1) is 12.4. The van der Waals surface area contributed by atoms with Crippen LogP contribution in [0.1, 0.15) is 26.4 Å². The maximum atomic E-state index is 11.4. The summed E-state index contributed by atoms with van der Waals surface area (Å²) in [5.41, 5.74) is 0.588. The standard InChI is InChI=1S/C10H10ClNO4/c1-15-9(13)7-3-6(4-11)5-12-8(7)10(14)16-2/h3,5H,4H2,1-2H3. The molecule has 86 valence electrons. The first-order chi connectivity index (χ1) is 7.63. The lowest BCUT2D eigenvalue weighted by molar-refractivity contribution is 0.0549. The summed E-state index contributed by atoms with van der Waals surface area (Å²) < 4.78 is 9.04. The second kappa shape index (κ2) is 5.46. The van der Waals surface area contributed by atoms with E-state index in [0.29, 0.717) is 5.56 Å². The van der Waals surface area contributed by atoms with Crippen molar-refractivity contribution in [1.82, 2.24) is 4.98 Å². The maximum Gasteiger partial charge on any atom is 0.357 e. The van der Waals surface area contributed by atoms with Gasteiger partial charge in [-0.2, -0.15) is 0 Å². The number of aromatic nitrogens is 1. The summed E-state index contributed by atoms with van der Waals surface area (Å²) in [4.78, 5) is 26.6. The van der Waals surface area contributed by atoms with Gasteiger partial charge in [0.1, 0.15) is 0 Å². The number of hydrogen-bond acceptors (Lipinski definition) is 5. The maximum absolute atomic E-state index is 11.4. The molecule has 0 unspecified atom stereocenters. The van der Waals surface area contributed by atoms with Crippen LogP contribution in [-0.4, -0.2) is 31.1 Å². The number of nitrogens with zero attached hydrogens (tertiary/aromatic N) is 1. The van der Waals surface area contributed by atoms with Crippen LogP contribution < -0.4 is 0 Å². The van der Waals surface area contributed by atoms with Crippen molar-refractivity contribution in [3.05, 3.63) is 29.1 Å². The lowest BCUT2D eigenvalue weighted by atomic mass is 10.1. The van der Waals surface area contributed by atoms with Gasteiger partial charge >= 0.3 is 11.9 Å². The van der Waals surface area contributed by atoms with Crippen LogP contribution in [0.5, 0.6) is 0 Å². The van der Waals surface area contributed by atoms with E-state index < -0.39 is 11.9 Å². The van der Waals surface area contributed by atoms with Crippen LogP contribution in [0.2, 0.25) is 0 Å². The molecule has 5 nitrogen and oxygen atoms in total. The average Bonchev–Trinajstić information content (AvgIpc) is 2.36. The van der Waals surface area contributed by atoms with Crippen LogP contribution in [-0.2, 0) is 15.4 Å². The normalized spacial score (nSPS) is 9.69. The highest BCUT2D eigenvalue weighted by atomic mass is 35.5. The van der Waals surface area contributed by atoms with E-state index >= 15 is 0 Å². The third-order valence-corrected chi connectivity index (χ3v) is 2.19. The van der Waals surface area contributed by atoms with Crippen molar-refractivity contribution in [2.24, 2.45) is 0 Å². The zero-order valence-electron chi connectivity index (χ0n) is 8.82. The SMILES string of the molecule is COC(=O)c1cc(CCl)cnc1C(=O)OC. The van der Waals surface area contributed by atoms with Crippen molar-refractivity contribution in [2.75, 3.05) is 14.2 Å². The lowest BCUT2D eigenvalue weighted by Crippen LogP contribution is -2.14. The molecule has 1 aromatic heterocycles. The Hall–Kier alpha value is -1.62.